The highest BCUT2D eigenvalue weighted by atomic mass is 32.2. The summed E-state index contributed by atoms with van der Waals surface area (Å²) in [6.45, 7) is 3.55. The summed E-state index contributed by atoms with van der Waals surface area (Å²) in [6, 6.07) is 18.1. The summed E-state index contributed by atoms with van der Waals surface area (Å²) in [6.07, 6.45) is 2.07. The van der Waals surface area contributed by atoms with E-state index in [1.807, 2.05) is 61.5 Å². The van der Waals surface area contributed by atoms with Gasteiger partial charge in [0.2, 0.25) is 10.0 Å². The average Bonchev–Trinajstić information content (AvgIpc) is 3.19. The van der Waals surface area contributed by atoms with Crippen LogP contribution in [-0.4, -0.2) is 36.8 Å². The number of benzene rings is 2. The Morgan fingerprint density at radius 1 is 1.04 bits per heavy atom. The lowest BCUT2D eigenvalue weighted by atomic mass is 10.1. The van der Waals surface area contributed by atoms with Crippen LogP contribution in [0.15, 0.2) is 54.6 Å². The average molecular weight is 356 g/mol. The normalized spacial score (nSPS) is 24.5. The lowest BCUT2D eigenvalue weighted by Crippen LogP contribution is -2.36. The molecule has 0 N–H and O–H groups in total. The summed E-state index contributed by atoms with van der Waals surface area (Å²) < 4.78 is 28.3. The van der Waals surface area contributed by atoms with Gasteiger partial charge in [0, 0.05) is 19.1 Å². The van der Waals surface area contributed by atoms with Crippen molar-refractivity contribution in [2.24, 2.45) is 0 Å². The predicted molar refractivity (Wildman–Crippen MR) is 99.4 cm³/mol. The SMILES string of the molecule is Cc1ccccc1CS(=O)(=O)N1CC2CCCN2C1c1ccccc1. The van der Waals surface area contributed by atoms with Crippen molar-refractivity contribution in [3.8, 4) is 0 Å². The number of hydrogen-bond acceptors (Lipinski definition) is 3. The fraction of sp³-hybridized carbons (Fsp3) is 0.400. The van der Waals surface area contributed by atoms with Gasteiger partial charge < -0.3 is 0 Å². The van der Waals surface area contributed by atoms with E-state index in [0.717, 1.165) is 36.1 Å². The third-order valence-electron chi connectivity index (χ3n) is 5.45. The van der Waals surface area contributed by atoms with Gasteiger partial charge in [-0.2, -0.15) is 4.31 Å². The van der Waals surface area contributed by atoms with E-state index in [4.69, 9.17) is 0 Å². The molecule has 2 fully saturated rings. The zero-order chi connectivity index (χ0) is 17.4. The molecule has 2 aliphatic rings. The van der Waals surface area contributed by atoms with Crippen molar-refractivity contribution in [1.29, 1.82) is 0 Å². The van der Waals surface area contributed by atoms with Gasteiger partial charge in [0.25, 0.3) is 0 Å². The van der Waals surface area contributed by atoms with E-state index in [9.17, 15) is 8.42 Å². The first-order chi connectivity index (χ1) is 12.1. The van der Waals surface area contributed by atoms with Gasteiger partial charge in [0.1, 0.15) is 6.17 Å². The molecular formula is C20H24N2O2S. The quantitative estimate of drug-likeness (QED) is 0.844. The molecule has 2 unspecified atom stereocenters. The summed E-state index contributed by atoms with van der Waals surface area (Å²) in [5, 5.41) is 0. The molecule has 5 heteroatoms. The minimum atomic E-state index is -3.38. The van der Waals surface area contributed by atoms with Crippen LogP contribution in [-0.2, 0) is 15.8 Å². The van der Waals surface area contributed by atoms with Gasteiger partial charge in [-0.1, -0.05) is 54.6 Å². The van der Waals surface area contributed by atoms with Gasteiger partial charge in [0.05, 0.1) is 5.75 Å². The number of fused-ring (bicyclic) bond motifs is 1. The molecule has 4 nitrogen and oxygen atoms in total. The van der Waals surface area contributed by atoms with Crippen LogP contribution in [0.25, 0.3) is 0 Å². The van der Waals surface area contributed by atoms with Crippen molar-refractivity contribution in [2.45, 2.75) is 37.7 Å². The van der Waals surface area contributed by atoms with E-state index in [1.165, 1.54) is 0 Å². The van der Waals surface area contributed by atoms with E-state index >= 15 is 0 Å². The van der Waals surface area contributed by atoms with Crippen molar-refractivity contribution >= 4 is 10.0 Å². The van der Waals surface area contributed by atoms with E-state index in [0.29, 0.717) is 12.6 Å². The first kappa shape index (κ1) is 16.8. The van der Waals surface area contributed by atoms with Crippen molar-refractivity contribution in [1.82, 2.24) is 9.21 Å². The summed E-state index contributed by atoms with van der Waals surface area (Å²) in [5.41, 5.74) is 2.99. The Balaban J connectivity index is 1.68. The van der Waals surface area contributed by atoms with E-state index in [1.54, 1.807) is 4.31 Å². The molecule has 0 aromatic heterocycles. The highest BCUT2D eigenvalue weighted by Crippen LogP contribution is 2.41. The van der Waals surface area contributed by atoms with Crippen LogP contribution < -0.4 is 0 Å². The molecule has 25 heavy (non-hydrogen) atoms. The third kappa shape index (κ3) is 3.12. The maximum Gasteiger partial charge on any atom is 0.220 e. The van der Waals surface area contributed by atoms with Crippen LogP contribution in [0, 0.1) is 6.92 Å². The molecular weight excluding hydrogens is 332 g/mol. The molecule has 0 amide bonds. The predicted octanol–water partition coefficient (Wildman–Crippen LogP) is 3.30. The summed E-state index contributed by atoms with van der Waals surface area (Å²) in [5.74, 6) is 0.0730. The molecule has 2 heterocycles. The Kier molecular flexibility index (Phi) is 4.40. The van der Waals surface area contributed by atoms with Crippen LogP contribution in [0.5, 0.6) is 0 Å². The van der Waals surface area contributed by atoms with Gasteiger partial charge in [-0.05, 0) is 36.5 Å². The number of hydrogen-bond donors (Lipinski definition) is 0. The minimum Gasteiger partial charge on any atom is -0.279 e. The van der Waals surface area contributed by atoms with Crippen LogP contribution >= 0.6 is 0 Å². The number of sulfonamides is 1. The Morgan fingerprint density at radius 2 is 1.76 bits per heavy atom. The molecule has 0 spiro atoms. The number of nitrogens with zero attached hydrogens (tertiary/aromatic N) is 2. The highest BCUT2D eigenvalue weighted by Gasteiger charge is 2.47. The molecule has 0 saturated carbocycles. The summed E-state index contributed by atoms with van der Waals surface area (Å²) in [4.78, 5) is 2.37. The summed E-state index contributed by atoms with van der Waals surface area (Å²) >= 11 is 0. The Hall–Kier alpha value is -1.69. The van der Waals surface area contributed by atoms with Gasteiger partial charge in [-0.3, -0.25) is 4.90 Å². The van der Waals surface area contributed by atoms with Gasteiger partial charge in [0.15, 0.2) is 0 Å². The second kappa shape index (κ2) is 6.56. The molecule has 0 bridgehead atoms. The van der Waals surface area contributed by atoms with E-state index in [2.05, 4.69) is 4.90 Å². The standard InChI is InChI=1S/C20H24N2O2S/c1-16-8-5-6-11-18(16)15-25(23,24)22-14-19-12-7-13-21(19)20(22)17-9-3-2-4-10-17/h2-6,8-11,19-20H,7,12-15H2,1H3. The van der Waals surface area contributed by atoms with Gasteiger partial charge in [-0.25, -0.2) is 8.42 Å². The number of aryl methyl sites for hydroxylation is 1. The van der Waals surface area contributed by atoms with Crippen LogP contribution in [0.1, 0.15) is 35.7 Å². The highest BCUT2D eigenvalue weighted by molar-refractivity contribution is 7.88. The molecule has 2 atom stereocenters. The molecule has 0 radical (unpaired) electrons. The Bertz CT molecular complexity index is 851. The lowest BCUT2D eigenvalue weighted by Gasteiger charge is -2.29. The molecule has 2 aliphatic heterocycles. The van der Waals surface area contributed by atoms with Crippen LogP contribution in [0.4, 0.5) is 0 Å². The zero-order valence-corrected chi connectivity index (χ0v) is 15.3. The molecule has 2 aromatic rings. The van der Waals surface area contributed by atoms with Crippen LogP contribution in [0.3, 0.4) is 0 Å². The fourth-order valence-corrected chi connectivity index (χ4v) is 5.98. The largest absolute Gasteiger partial charge is 0.279 e. The Labute approximate surface area is 150 Å². The Morgan fingerprint density at radius 3 is 2.52 bits per heavy atom. The molecule has 132 valence electrons. The van der Waals surface area contributed by atoms with E-state index < -0.39 is 10.0 Å². The second-order valence-corrected chi connectivity index (χ2v) is 8.99. The summed E-state index contributed by atoms with van der Waals surface area (Å²) in [7, 11) is -3.38. The van der Waals surface area contributed by atoms with Crippen LogP contribution in [0.2, 0.25) is 0 Å². The van der Waals surface area contributed by atoms with Crippen molar-refractivity contribution in [3.05, 3.63) is 71.3 Å². The monoisotopic (exact) mass is 356 g/mol. The second-order valence-electron chi connectivity index (χ2n) is 7.07. The van der Waals surface area contributed by atoms with Crippen molar-refractivity contribution in [3.63, 3.8) is 0 Å². The van der Waals surface area contributed by atoms with Gasteiger partial charge in [-0.15, -0.1) is 0 Å². The van der Waals surface area contributed by atoms with Crippen molar-refractivity contribution < 1.29 is 8.42 Å². The van der Waals surface area contributed by atoms with Gasteiger partial charge >= 0.3 is 0 Å². The zero-order valence-electron chi connectivity index (χ0n) is 14.5. The molecule has 0 aliphatic carbocycles. The fourth-order valence-electron chi connectivity index (χ4n) is 4.15. The third-order valence-corrected chi connectivity index (χ3v) is 7.19. The van der Waals surface area contributed by atoms with E-state index in [-0.39, 0.29) is 11.9 Å². The lowest BCUT2D eigenvalue weighted by molar-refractivity contribution is 0.198. The minimum absolute atomic E-state index is 0.0730. The maximum atomic E-state index is 13.3. The first-order valence-electron chi connectivity index (χ1n) is 8.91. The number of rotatable bonds is 4. The smallest absolute Gasteiger partial charge is 0.220 e. The molecule has 2 saturated heterocycles. The van der Waals surface area contributed by atoms with Crippen molar-refractivity contribution in [2.75, 3.05) is 13.1 Å². The molecule has 4 rings (SSSR count). The topological polar surface area (TPSA) is 40.6 Å². The molecule has 2 aromatic carbocycles. The maximum absolute atomic E-state index is 13.3. The first-order valence-corrected chi connectivity index (χ1v) is 10.5.